The normalized spacial score (nSPS) is 41.3. The first-order chi connectivity index (χ1) is 30.2. The van der Waals surface area contributed by atoms with Gasteiger partial charge in [0.25, 0.3) is 0 Å². The number of Topliss-reactive ketones (excluding diaryl/α,β-unsaturated/α-hetero) is 1. The largest absolute Gasteiger partial charge is 0.481 e. The second kappa shape index (κ2) is 26.8. The third kappa shape index (κ3) is 16.7. The van der Waals surface area contributed by atoms with Crippen LogP contribution in [0.3, 0.4) is 0 Å². The van der Waals surface area contributed by atoms with Crippen LogP contribution in [-0.4, -0.2) is 159 Å². The molecule has 18 atom stereocenters. The fourth-order valence-corrected chi connectivity index (χ4v) is 10.00. The van der Waals surface area contributed by atoms with Crippen LogP contribution in [0.15, 0.2) is 0 Å². The van der Waals surface area contributed by atoms with E-state index in [9.17, 15) is 39.9 Å². The number of likely N-dealkylation sites (N-methyl/N-ethyl adjacent to an activating group) is 1. The van der Waals surface area contributed by atoms with Crippen LogP contribution >= 0.6 is 0 Å². The Balaban J connectivity index is 0.000000889. The number of carbonyl (C=O) groups is 3. The van der Waals surface area contributed by atoms with Gasteiger partial charge in [0, 0.05) is 43.7 Å². The molecule has 65 heavy (non-hydrogen) atoms. The number of hydrogen-bond acceptors (Lipinski definition) is 15. The number of esters is 1. The third-order valence-corrected chi connectivity index (χ3v) is 14.3. The molecular weight excluding hydrogens is 843 g/mol. The number of unbranched alkanes of at least 4 members (excludes halogenated alkanes) is 8. The molecule has 3 rings (SSSR count). The van der Waals surface area contributed by atoms with Crippen molar-refractivity contribution >= 4 is 17.7 Å². The Morgan fingerprint density at radius 1 is 0.800 bits per heavy atom. The molecule has 0 aliphatic carbocycles. The lowest BCUT2D eigenvalue weighted by atomic mass is 9.74. The van der Waals surface area contributed by atoms with E-state index in [1.54, 1.807) is 41.5 Å². The van der Waals surface area contributed by atoms with Crippen molar-refractivity contribution in [3.8, 4) is 0 Å². The lowest BCUT2D eigenvalue weighted by molar-refractivity contribution is -0.318. The predicted molar refractivity (Wildman–Crippen MR) is 246 cm³/mol. The molecule has 3 heterocycles. The smallest absolute Gasteiger partial charge is 0.311 e. The fourth-order valence-electron chi connectivity index (χ4n) is 10.00. The Kier molecular flexibility index (Phi) is 24.4. The first kappa shape index (κ1) is 59.3. The molecular formula is C49H91NO15. The summed E-state index contributed by atoms with van der Waals surface area (Å²) < 4.78 is 37.1. The zero-order valence-electron chi connectivity index (χ0n) is 42.4. The van der Waals surface area contributed by atoms with E-state index in [1.807, 2.05) is 25.9 Å². The maximum atomic E-state index is 14.1. The summed E-state index contributed by atoms with van der Waals surface area (Å²) in [6.07, 6.45) is 1.77. The van der Waals surface area contributed by atoms with Gasteiger partial charge in [-0.3, -0.25) is 14.4 Å². The molecule has 6 N–H and O–H groups in total. The van der Waals surface area contributed by atoms with E-state index in [4.69, 9.17) is 33.5 Å². The third-order valence-electron chi connectivity index (χ3n) is 14.3. The molecule has 0 spiro atoms. The first-order valence-electron chi connectivity index (χ1n) is 24.5. The summed E-state index contributed by atoms with van der Waals surface area (Å²) in [5.41, 5.74) is -4.84. The number of ether oxygens (including phenoxy) is 6. The maximum absolute atomic E-state index is 14.1. The second-order valence-electron chi connectivity index (χ2n) is 20.4. The number of cyclic esters (lactones) is 1. The molecule has 0 unspecified atom stereocenters. The van der Waals surface area contributed by atoms with Crippen molar-refractivity contribution in [3.05, 3.63) is 0 Å². The standard InChI is InChI=1S/C37H67NO13.C12H24O2/c1-14-25-37(10,45)30(41)20(4)27(39)18(2)16-35(8,44)32(51-34-28(40)24(38(11)12)15-19(3)47-34)21(5)29(22(6)33(43)49-25)50-26-17-36(9,46-13)31(42)23(7)48-26;1-2-3-4-5-6-7-8-9-10-11-12(13)14/h18-26,28-32,34,40-42,44-45H,14-17H2,1-13H3;2-11H2,1H3,(H,13,14)/t18-,19-,20+,21+,22-,23+,24+,25-,26+,28-,29+,30-,31+,32-,34+,35-,36-,37-;/m1./s1. The molecule has 16 heteroatoms. The van der Waals surface area contributed by atoms with Gasteiger partial charge in [-0.2, -0.15) is 0 Å². The molecule has 0 aromatic carbocycles. The van der Waals surface area contributed by atoms with Gasteiger partial charge in [0.05, 0.1) is 47.6 Å². The van der Waals surface area contributed by atoms with Gasteiger partial charge in [0.1, 0.15) is 29.7 Å². The van der Waals surface area contributed by atoms with Crippen LogP contribution in [0.5, 0.6) is 0 Å². The summed E-state index contributed by atoms with van der Waals surface area (Å²) in [4.78, 5) is 40.0. The number of carbonyl (C=O) groups excluding carboxylic acids is 2. The van der Waals surface area contributed by atoms with Gasteiger partial charge < -0.3 is 64.0 Å². The number of rotatable bonds is 17. The van der Waals surface area contributed by atoms with Gasteiger partial charge >= 0.3 is 11.9 Å². The number of aliphatic carboxylic acids is 1. The molecule has 0 bridgehead atoms. The van der Waals surface area contributed by atoms with E-state index in [0.717, 1.165) is 12.8 Å². The number of methoxy groups -OCH3 is 1. The van der Waals surface area contributed by atoms with E-state index in [1.165, 1.54) is 72.8 Å². The Morgan fingerprint density at radius 3 is 1.89 bits per heavy atom. The first-order valence-corrected chi connectivity index (χ1v) is 24.5. The fraction of sp³-hybridized carbons (Fsp3) is 0.939. The molecule has 3 fully saturated rings. The van der Waals surface area contributed by atoms with Gasteiger partial charge in [-0.05, 0) is 81.3 Å². The second-order valence-corrected chi connectivity index (χ2v) is 20.4. The van der Waals surface area contributed by atoms with E-state index < -0.39 is 114 Å². The van der Waals surface area contributed by atoms with Gasteiger partial charge in [-0.1, -0.05) is 86.0 Å². The van der Waals surface area contributed by atoms with Crippen molar-refractivity contribution < 1.29 is 73.4 Å². The maximum Gasteiger partial charge on any atom is 0.311 e. The van der Waals surface area contributed by atoms with Crippen LogP contribution in [0.25, 0.3) is 0 Å². The zero-order valence-corrected chi connectivity index (χ0v) is 42.4. The summed E-state index contributed by atoms with van der Waals surface area (Å²) in [6, 6.07) is -0.324. The monoisotopic (exact) mass is 934 g/mol. The number of carboxylic acid groups (broad SMARTS) is 1. The molecule has 382 valence electrons. The minimum Gasteiger partial charge on any atom is -0.481 e. The molecule has 3 aliphatic heterocycles. The molecule has 0 amide bonds. The lowest BCUT2D eigenvalue weighted by Crippen LogP contribution is -2.61. The number of aliphatic hydroxyl groups excluding tert-OH is 3. The van der Waals surface area contributed by atoms with Crippen molar-refractivity contribution in [2.24, 2.45) is 23.7 Å². The van der Waals surface area contributed by atoms with Crippen LogP contribution in [-0.2, 0) is 42.8 Å². The van der Waals surface area contributed by atoms with E-state index >= 15 is 0 Å². The Hall–Kier alpha value is -1.83. The molecule has 3 saturated heterocycles. The minimum atomic E-state index is -1.99. The van der Waals surface area contributed by atoms with Crippen molar-refractivity contribution in [2.45, 2.75) is 250 Å². The predicted octanol–water partition coefficient (Wildman–Crippen LogP) is 5.78. The van der Waals surface area contributed by atoms with E-state index in [-0.39, 0.29) is 31.4 Å². The van der Waals surface area contributed by atoms with Crippen LogP contribution in [0.4, 0.5) is 0 Å². The average molecular weight is 934 g/mol. The highest BCUT2D eigenvalue weighted by atomic mass is 16.7. The van der Waals surface area contributed by atoms with Gasteiger partial charge in [-0.15, -0.1) is 0 Å². The minimum absolute atomic E-state index is 0.0936. The summed E-state index contributed by atoms with van der Waals surface area (Å²) in [6.45, 7) is 18.6. The van der Waals surface area contributed by atoms with Gasteiger partial charge in [0.2, 0.25) is 0 Å². The molecule has 16 nitrogen and oxygen atoms in total. The van der Waals surface area contributed by atoms with Crippen molar-refractivity contribution in [1.82, 2.24) is 4.90 Å². The topological polar surface area (TPSA) is 231 Å². The summed E-state index contributed by atoms with van der Waals surface area (Å²) in [5.74, 6) is -5.64. The average Bonchev–Trinajstić information content (AvgIpc) is 3.23. The number of carboxylic acids is 1. The van der Waals surface area contributed by atoms with Crippen molar-refractivity contribution in [3.63, 3.8) is 0 Å². The molecule has 0 aromatic heterocycles. The number of ketones is 1. The SMILES string of the molecule is CCCCCCCCCCCC(=O)O.CC[C@H]1OC(=O)[C@H](C)[C@@H](O[C@H]2C[C@@](C)(OC)[C@@H](O)[C@H](C)O2)[C@H](C)[C@@H](O[C@@H]2O[C@H](C)C[C@H](N(C)C)[C@H]2O)[C@](C)(O)C[C@@H](C)C(=O)[C@H](C)[C@@H](O)[C@]1(C)O. The highest BCUT2D eigenvalue weighted by Gasteiger charge is 2.53. The van der Waals surface area contributed by atoms with Crippen LogP contribution in [0, 0.1) is 23.7 Å². The number of aliphatic hydroxyl groups is 5. The van der Waals surface area contributed by atoms with Crippen LogP contribution in [0.2, 0.25) is 0 Å². The zero-order chi connectivity index (χ0) is 49.6. The van der Waals surface area contributed by atoms with Crippen molar-refractivity contribution in [1.29, 1.82) is 0 Å². The van der Waals surface area contributed by atoms with Gasteiger partial charge in [0.15, 0.2) is 12.6 Å². The Bertz CT molecular complexity index is 1430. The Morgan fingerprint density at radius 2 is 1.37 bits per heavy atom. The molecule has 0 aromatic rings. The summed E-state index contributed by atoms with van der Waals surface area (Å²) in [5, 5.41) is 66.0. The van der Waals surface area contributed by atoms with E-state index in [0.29, 0.717) is 12.8 Å². The highest BCUT2D eigenvalue weighted by molar-refractivity contribution is 5.83. The number of nitrogens with zero attached hydrogens (tertiary/aromatic N) is 1. The lowest BCUT2D eigenvalue weighted by Gasteiger charge is -2.49. The quantitative estimate of drug-likeness (QED) is 0.0750. The summed E-state index contributed by atoms with van der Waals surface area (Å²) >= 11 is 0. The molecule has 3 aliphatic rings. The Labute approximate surface area is 390 Å². The van der Waals surface area contributed by atoms with Gasteiger partial charge in [-0.25, -0.2) is 0 Å². The van der Waals surface area contributed by atoms with E-state index in [2.05, 4.69) is 6.92 Å². The van der Waals surface area contributed by atoms with Crippen LogP contribution in [0.1, 0.15) is 166 Å². The summed E-state index contributed by atoms with van der Waals surface area (Å²) in [7, 11) is 5.18. The van der Waals surface area contributed by atoms with Crippen molar-refractivity contribution in [2.75, 3.05) is 21.2 Å². The number of hydrogen-bond donors (Lipinski definition) is 6. The molecule has 0 saturated carbocycles. The van der Waals surface area contributed by atoms with Crippen LogP contribution < -0.4 is 0 Å². The highest BCUT2D eigenvalue weighted by Crippen LogP contribution is 2.41. The molecule has 0 radical (unpaired) electrons.